The first-order valence-electron chi connectivity index (χ1n) is 6.98. The van der Waals surface area contributed by atoms with Gasteiger partial charge in [0.1, 0.15) is 0 Å². The van der Waals surface area contributed by atoms with Crippen LogP contribution in [0.1, 0.15) is 22.6 Å². The molecule has 1 saturated heterocycles. The molecule has 6 nitrogen and oxygen atoms in total. The minimum Gasteiger partial charge on any atom is -0.353 e. The monoisotopic (exact) mass is 331 g/mol. The summed E-state index contributed by atoms with van der Waals surface area (Å²) >= 11 is 1.46. The summed E-state index contributed by atoms with van der Waals surface area (Å²) in [4.78, 5) is 13.8. The van der Waals surface area contributed by atoms with Crippen LogP contribution in [-0.4, -0.2) is 40.0 Å². The van der Waals surface area contributed by atoms with Gasteiger partial charge in [0, 0.05) is 22.8 Å². The topological polar surface area (TPSA) is 87.3 Å². The summed E-state index contributed by atoms with van der Waals surface area (Å²) in [6, 6.07) is 1.53. The summed E-state index contributed by atoms with van der Waals surface area (Å²) in [6.07, 6.45) is 1.84. The second-order valence-electron chi connectivity index (χ2n) is 5.12. The number of hydrogen-bond donors (Lipinski definition) is 3. The van der Waals surface area contributed by atoms with E-state index in [0.717, 1.165) is 29.1 Å². The molecule has 1 unspecified atom stereocenters. The van der Waals surface area contributed by atoms with E-state index >= 15 is 0 Å². The Balaban J connectivity index is 1.80. The maximum absolute atomic E-state index is 12.1. The maximum atomic E-state index is 12.1. The Morgan fingerprint density at radius 3 is 2.76 bits per heavy atom. The van der Waals surface area contributed by atoms with E-state index in [1.165, 1.54) is 11.3 Å². The van der Waals surface area contributed by atoms with Gasteiger partial charge in [0.2, 0.25) is 15.9 Å². The van der Waals surface area contributed by atoms with Crippen molar-refractivity contribution in [2.75, 3.05) is 19.6 Å². The molecule has 1 amide bonds. The van der Waals surface area contributed by atoms with Crippen LogP contribution >= 0.6 is 11.3 Å². The highest BCUT2D eigenvalue weighted by molar-refractivity contribution is 7.89. The van der Waals surface area contributed by atoms with Crippen molar-refractivity contribution in [2.45, 2.75) is 37.6 Å². The molecule has 0 spiro atoms. The van der Waals surface area contributed by atoms with Gasteiger partial charge in [-0.1, -0.05) is 0 Å². The van der Waals surface area contributed by atoms with E-state index in [2.05, 4.69) is 15.4 Å². The van der Waals surface area contributed by atoms with Crippen molar-refractivity contribution in [3.63, 3.8) is 0 Å². The standard InChI is InChI=1S/C13H21N3O3S2/c1-9-8-12(10(2)20-9)21(18,19)16-7-6-15-13(17)11-4-3-5-14-11/h8,11,14,16H,3-7H2,1-2H3,(H,15,17). The zero-order valence-corrected chi connectivity index (χ0v) is 13.9. The van der Waals surface area contributed by atoms with E-state index < -0.39 is 10.0 Å². The first-order valence-corrected chi connectivity index (χ1v) is 9.28. The third-order valence-corrected chi connectivity index (χ3v) is 6.06. The lowest BCUT2D eigenvalue weighted by molar-refractivity contribution is -0.122. The molecule has 1 atom stereocenters. The largest absolute Gasteiger partial charge is 0.353 e. The van der Waals surface area contributed by atoms with E-state index in [-0.39, 0.29) is 18.5 Å². The van der Waals surface area contributed by atoms with E-state index in [1.807, 2.05) is 6.92 Å². The Kier molecular flexibility index (Phi) is 5.37. The normalized spacial score (nSPS) is 18.9. The van der Waals surface area contributed by atoms with E-state index in [1.54, 1.807) is 13.0 Å². The summed E-state index contributed by atoms with van der Waals surface area (Å²) in [6.45, 7) is 5.01. The number of nitrogens with one attached hydrogen (secondary N) is 3. The number of rotatable bonds is 6. The first-order chi connectivity index (χ1) is 9.90. The summed E-state index contributed by atoms with van der Waals surface area (Å²) in [7, 11) is -3.49. The number of carbonyl (C=O) groups excluding carboxylic acids is 1. The highest BCUT2D eigenvalue weighted by Gasteiger charge is 2.22. The quantitative estimate of drug-likeness (QED) is 0.663. The van der Waals surface area contributed by atoms with Crippen LogP contribution in [0.4, 0.5) is 0 Å². The third kappa shape index (κ3) is 4.26. The highest BCUT2D eigenvalue weighted by atomic mass is 32.2. The van der Waals surface area contributed by atoms with Crippen LogP contribution in [0.3, 0.4) is 0 Å². The van der Waals surface area contributed by atoms with Gasteiger partial charge < -0.3 is 10.6 Å². The SMILES string of the molecule is Cc1cc(S(=O)(=O)NCCNC(=O)C2CCCN2)c(C)s1. The van der Waals surface area contributed by atoms with Crippen molar-refractivity contribution < 1.29 is 13.2 Å². The fourth-order valence-electron chi connectivity index (χ4n) is 2.35. The lowest BCUT2D eigenvalue weighted by Crippen LogP contribution is -2.43. The van der Waals surface area contributed by atoms with Crippen LogP contribution in [0.5, 0.6) is 0 Å². The van der Waals surface area contributed by atoms with Crippen LogP contribution in [-0.2, 0) is 14.8 Å². The average Bonchev–Trinajstić information content (AvgIpc) is 3.04. The zero-order chi connectivity index (χ0) is 15.5. The predicted molar refractivity (Wildman–Crippen MR) is 83.0 cm³/mol. The molecule has 1 aliphatic heterocycles. The second kappa shape index (κ2) is 6.87. The fraction of sp³-hybridized carbons (Fsp3) is 0.615. The molecule has 0 aliphatic carbocycles. The van der Waals surface area contributed by atoms with Crippen LogP contribution < -0.4 is 15.4 Å². The lowest BCUT2D eigenvalue weighted by Gasteiger charge is -2.11. The summed E-state index contributed by atoms with van der Waals surface area (Å²) in [5, 5.41) is 5.84. The Labute approximate surface area is 129 Å². The van der Waals surface area contributed by atoms with Crippen molar-refractivity contribution >= 4 is 27.3 Å². The van der Waals surface area contributed by atoms with Gasteiger partial charge >= 0.3 is 0 Å². The molecule has 0 radical (unpaired) electrons. The molecule has 0 bridgehead atoms. The molecule has 1 aliphatic rings. The minimum atomic E-state index is -3.49. The molecule has 1 aromatic rings. The molecule has 0 aromatic carbocycles. The van der Waals surface area contributed by atoms with Crippen LogP contribution in [0.2, 0.25) is 0 Å². The Morgan fingerprint density at radius 1 is 1.43 bits per heavy atom. The van der Waals surface area contributed by atoms with Gasteiger partial charge in [-0.25, -0.2) is 13.1 Å². The zero-order valence-electron chi connectivity index (χ0n) is 12.2. The average molecular weight is 331 g/mol. The number of thiophene rings is 1. The molecule has 2 heterocycles. The first kappa shape index (κ1) is 16.4. The Hall–Kier alpha value is -0.960. The number of hydrogen-bond acceptors (Lipinski definition) is 5. The van der Waals surface area contributed by atoms with Crippen molar-refractivity contribution in [3.05, 3.63) is 15.8 Å². The van der Waals surface area contributed by atoms with Gasteiger partial charge in [-0.2, -0.15) is 0 Å². The number of amides is 1. The smallest absolute Gasteiger partial charge is 0.241 e. The lowest BCUT2D eigenvalue weighted by atomic mass is 10.2. The van der Waals surface area contributed by atoms with Crippen molar-refractivity contribution in [1.82, 2.24) is 15.4 Å². The molecular weight excluding hydrogens is 310 g/mol. The molecule has 21 heavy (non-hydrogen) atoms. The van der Waals surface area contributed by atoms with Crippen molar-refractivity contribution in [3.8, 4) is 0 Å². The van der Waals surface area contributed by atoms with Crippen LogP contribution in [0.25, 0.3) is 0 Å². The molecule has 0 saturated carbocycles. The van der Waals surface area contributed by atoms with Crippen LogP contribution in [0, 0.1) is 13.8 Å². The Bertz CT molecular complexity index is 604. The number of sulfonamides is 1. The van der Waals surface area contributed by atoms with Crippen LogP contribution in [0.15, 0.2) is 11.0 Å². The highest BCUT2D eigenvalue weighted by Crippen LogP contribution is 2.24. The van der Waals surface area contributed by atoms with E-state index in [9.17, 15) is 13.2 Å². The van der Waals surface area contributed by atoms with E-state index in [4.69, 9.17) is 0 Å². The fourth-order valence-corrected chi connectivity index (χ4v) is 4.94. The molecular formula is C13H21N3O3S2. The third-order valence-electron chi connectivity index (χ3n) is 3.38. The molecule has 8 heteroatoms. The van der Waals surface area contributed by atoms with Crippen molar-refractivity contribution in [2.24, 2.45) is 0 Å². The van der Waals surface area contributed by atoms with Gasteiger partial charge in [0.05, 0.1) is 10.9 Å². The second-order valence-corrected chi connectivity index (χ2v) is 8.31. The summed E-state index contributed by atoms with van der Waals surface area (Å²) < 4.78 is 26.8. The van der Waals surface area contributed by atoms with Gasteiger partial charge in [0.15, 0.2) is 0 Å². The summed E-state index contributed by atoms with van der Waals surface area (Å²) in [5.74, 6) is -0.0609. The molecule has 118 valence electrons. The summed E-state index contributed by atoms with van der Waals surface area (Å²) in [5.41, 5.74) is 0. The number of carbonyl (C=O) groups is 1. The predicted octanol–water partition coefficient (Wildman–Crippen LogP) is 0.511. The van der Waals surface area contributed by atoms with Gasteiger partial charge in [0.25, 0.3) is 0 Å². The minimum absolute atomic E-state index is 0.0609. The molecule has 1 fully saturated rings. The molecule has 2 rings (SSSR count). The van der Waals surface area contributed by atoms with E-state index in [0.29, 0.717) is 11.4 Å². The molecule has 3 N–H and O–H groups in total. The van der Waals surface area contributed by atoms with Gasteiger partial charge in [-0.05, 0) is 39.3 Å². The maximum Gasteiger partial charge on any atom is 0.241 e. The van der Waals surface area contributed by atoms with Crippen molar-refractivity contribution in [1.29, 1.82) is 0 Å². The van der Waals surface area contributed by atoms with Gasteiger partial charge in [-0.15, -0.1) is 11.3 Å². The van der Waals surface area contributed by atoms with Gasteiger partial charge in [-0.3, -0.25) is 4.79 Å². The number of aryl methyl sites for hydroxylation is 2. The molecule has 1 aromatic heterocycles. The Morgan fingerprint density at radius 2 is 2.19 bits per heavy atom.